The van der Waals surface area contributed by atoms with E-state index in [4.69, 9.17) is 0 Å². The predicted octanol–water partition coefficient (Wildman–Crippen LogP) is 8.76. The molecule has 0 heterocycles. The second kappa shape index (κ2) is 29.3. The van der Waals surface area contributed by atoms with Crippen LogP contribution in [-0.2, 0) is 19.2 Å². The summed E-state index contributed by atoms with van der Waals surface area (Å²) >= 11 is 5.72. The zero-order chi connectivity index (χ0) is 27.6. The van der Waals surface area contributed by atoms with Gasteiger partial charge < -0.3 is 0 Å². The van der Waals surface area contributed by atoms with E-state index in [0.717, 1.165) is 48.7 Å². The maximum absolute atomic E-state index is 11.2. The van der Waals surface area contributed by atoms with Crippen LogP contribution in [0.1, 0.15) is 108 Å². The van der Waals surface area contributed by atoms with Gasteiger partial charge in [0.15, 0.2) is 20.5 Å². The van der Waals surface area contributed by atoms with Crippen LogP contribution in [-0.4, -0.2) is 43.5 Å². The van der Waals surface area contributed by atoms with E-state index in [9.17, 15) is 19.2 Å². The van der Waals surface area contributed by atoms with Crippen molar-refractivity contribution in [1.29, 1.82) is 0 Å². The van der Waals surface area contributed by atoms with Gasteiger partial charge in [0.25, 0.3) is 0 Å². The highest BCUT2D eigenvalue weighted by Gasteiger charge is 2.20. The third kappa shape index (κ3) is 39.3. The lowest BCUT2D eigenvalue weighted by atomic mass is 10.00. The average molecular weight is 557 g/mol. The number of carbonyl (C=O) groups excluding carboxylic acids is 4. The number of hydrogen-bond acceptors (Lipinski definition) is 8. The molecule has 0 aliphatic rings. The monoisotopic (exact) mass is 556 g/mol. The summed E-state index contributed by atoms with van der Waals surface area (Å²) in [7, 11) is 0. The minimum atomic E-state index is -0.167. The zero-order valence-corrected chi connectivity index (χ0v) is 27.0. The van der Waals surface area contributed by atoms with Gasteiger partial charge in [-0.25, -0.2) is 0 Å². The Morgan fingerprint density at radius 2 is 1.03 bits per heavy atom. The lowest BCUT2D eigenvalue weighted by molar-refractivity contribution is -0.117. The van der Waals surface area contributed by atoms with Gasteiger partial charge in [0.05, 0.1) is 0 Å². The molecule has 0 aromatic heterocycles. The molecule has 0 aliphatic carbocycles. The Balaban J connectivity index is -0.000000178. The Labute approximate surface area is 228 Å². The Morgan fingerprint density at radius 1 is 0.647 bits per heavy atom. The van der Waals surface area contributed by atoms with Crippen molar-refractivity contribution in [3.8, 4) is 0 Å². The highest BCUT2D eigenvalue weighted by Crippen LogP contribution is 2.22. The minimum Gasteiger partial charge on any atom is -0.288 e. The number of carbonyl (C=O) groups is 4. The van der Waals surface area contributed by atoms with Crippen molar-refractivity contribution in [2.75, 3.05) is 23.0 Å². The molecule has 0 bridgehead atoms. The Hall–Kier alpha value is 0.0800. The molecule has 204 valence electrons. The van der Waals surface area contributed by atoms with E-state index in [1.807, 2.05) is 41.5 Å². The summed E-state index contributed by atoms with van der Waals surface area (Å²) in [5.74, 6) is 4.07. The van der Waals surface area contributed by atoms with Crippen molar-refractivity contribution in [2.24, 2.45) is 11.3 Å². The highest BCUT2D eigenvalue weighted by atomic mass is 32.2. The highest BCUT2D eigenvalue weighted by molar-refractivity contribution is 8.14. The number of rotatable bonds is 10. The molecule has 8 heteroatoms. The topological polar surface area (TPSA) is 68.3 Å². The molecule has 0 aromatic rings. The molecule has 0 spiro atoms. The van der Waals surface area contributed by atoms with Gasteiger partial charge >= 0.3 is 0 Å². The van der Waals surface area contributed by atoms with Crippen LogP contribution in [0, 0.1) is 11.3 Å². The molecule has 0 radical (unpaired) electrons. The Kier molecular flexibility index (Phi) is 35.5. The van der Waals surface area contributed by atoms with E-state index >= 15 is 0 Å². The lowest BCUT2D eigenvalue weighted by Crippen LogP contribution is -2.16. The first kappa shape index (κ1) is 41.2. The van der Waals surface area contributed by atoms with E-state index in [0.29, 0.717) is 21.8 Å². The van der Waals surface area contributed by atoms with E-state index in [1.165, 1.54) is 47.0 Å². The second-order valence-corrected chi connectivity index (χ2v) is 13.2. The quantitative estimate of drug-likeness (QED) is 0.264. The van der Waals surface area contributed by atoms with Crippen molar-refractivity contribution in [3.05, 3.63) is 0 Å². The first-order chi connectivity index (χ1) is 15.7. The summed E-state index contributed by atoms with van der Waals surface area (Å²) < 4.78 is 0. The fraction of sp³-hybridized carbons (Fsp3) is 0.846. The van der Waals surface area contributed by atoms with Crippen LogP contribution < -0.4 is 0 Å². The fourth-order valence-electron chi connectivity index (χ4n) is 1.34. The van der Waals surface area contributed by atoms with Crippen LogP contribution >= 0.6 is 47.0 Å². The second-order valence-electron chi connectivity index (χ2n) is 8.62. The molecular weight excluding hydrogens is 505 g/mol. The molecule has 0 aliphatic heterocycles. The molecule has 0 aromatic carbocycles. The van der Waals surface area contributed by atoms with Crippen LogP contribution in [0.4, 0.5) is 0 Å². The molecule has 0 fully saturated rings. The summed E-state index contributed by atoms with van der Waals surface area (Å²) in [4.78, 5) is 42.8. The van der Waals surface area contributed by atoms with Crippen LogP contribution in [0.15, 0.2) is 0 Å². The molecule has 4 nitrogen and oxygen atoms in total. The van der Waals surface area contributed by atoms with Crippen molar-refractivity contribution in [3.63, 3.8) is 0 Å². The Bertz CT molecular complexity index is 515. The van der Waals surface area contributed by atoms with Crippen molar-refractivity contribution >= 4 is 67.5 Å². The normalized spacial score (nSPS) is 10.1. The first-order valence-corrected chi connectivity index (χ1v) is 16.3. The van der Waals surface area contributed by atoms with Crippen LogP contribution in [0.5, 0.6) is 0 Å². The summed E-state index contributed by atoms with van der Waals surface area (Å²) in [5.41, 5.74) is -0.167. The largest absolute Gasteiger partial charge is 0.288 e. The van der Waals surface area contributed by atoms with Gasteiger partial charge in [-0.05, 0) is 25.7 Å². The molecule has 0 saturated heterocycles. The fourth-order valence-corrected chi connectivity index (χ4v) is 4.03. The molecule has 0 unspecified atom stereocenters. The maximum atomic E-state index is 11.2. The van der Waals surface area contributed by atoms with E-state index in [1.54, 1.807) is 6.92 Å². The summed E-state index contributed by atoms with van der Waals surface area (Å²) in [6.45, 7) is 21.5. The van der Waals surface area contributed by atoms with E-state index < -0.39 is 0 Å². The number of hydrogen-bond donors (Lipinski definition) is 0. The number of thioether (sulfide) groups is 4. The predicted molar refractivity (Wildman–Crippen MR) is 161 cm³/mol. The maximum Gasteiger partial charge on any atom is 0.194 e. The standard InChI is InChI=1S/C8H16OS.C7H14OS.C6H12OS.C5H10OS/c1-5-6-10-7(9)8(2,3)4;1-4-5-9-7(8)6(2)3;1-3-5-8-6(7)4-2;1-3-4-7-5(2)6/h5-6H2,1-4H3;6H,4-5H2,1-3H3;3-5H2,1-2H3;3-4H2,1-2H3. The van der Waals surface area contributed by atoms with Crippen molar-refractivity contribution in [2.45, 2.75) is 108 Å². The van der Waals surface area contributed by atoms with E-state index in [2.05, 4.69) is 27.7 Å². The third-order valence-corrected chi connectivity index (χ3v) is 8.33. The van der Waals surface area contributed by atoms with Crippen LogP contribution in [0.25, 0.3) is 0 Å². The van der Waals surface area contributed by atoms with Crippen molar-refractivity contribution in [1.82, 2.24) is 0 Å². The van der Waals surface area contributed by atoms with Gasteiger partial charge in [-0.3, -0.25) is 19.2 Å². The van der Waals surface area contributed by atoms with Crippen LogP contribution in [0.3, 0.4) is 0 Å². The molecule has 0 amide bonds. The molecule has 0 rings (SSSR count). The van der Waals surface area contributed by atoms with Gasteiger partial charge in [-0.2, -0.15) is 0 Å². The molecular formula is C26H52O4S4. The van der Waals surface area contributed by atoms with Gasteiger partial charge in [-0.1, -0.05) is 116 Å². The Morgan fingerprint density at radius 3 is 1.32 bits per heavy atom. The molecule has 0 N–H and O–H groups in total. The SMILES string of the molecule is CCCSC(=O)C(C)(C)C.CCCSC(=O)C(C)C.CCCSC(=O)CC.CCCSC(C)=O. The van der Waals surface area contributed by atoms with E-state index in [-0.39, 0.29) is 16.4 Å². The van der Waals surface area contributed by atoms with Crippen LogP contribution in [0.2, 0.25) is 0 Å². The molecule has 0 atom stereocenters. The third-order valence-electron chi connectivity index (χ3n) is 3.23. The average Bonchev–Trinajstić information content (AvgIpc) is 2.78. The smallest absolute Gasteiger partial charge is 0.194 e. The van der Waals surface area contributed by atoms with Gasteiger partial charge in [0.2, 0.25) is 0 Å². The molecule has 0 saturated carbocycles. The van der Waals surface area contributed by atoms with Crippen molar-refractivity contribution < 1.29 is 19.2 Å². The van der Waals surface area contributed by atoms with Gasteiger partial charge in [0.1, 0.15) is 0 Å². The summed E-state index contributed by atoms with van der Waals surface area (Å²) in [6.07, 6.45) is 5.01. The van der Waals surface area contributed by atoms with Gasteiger partial charge in [-0.15, -0.1) is 0 Å². The lowest BCUT2D eigenvalue weighted by Gasteiger charge is -2.14. The summed E-state index contributed by atoms with van der Waals surface area (Å²) in [6, 6.07) is 0. The minimum absolute atomic E-state index is 0.167. The first-order valence-electron chi connectivity index (χ1n) is 12.4. The summed E-state index contributed by atoms with van der Waals surface area (Å²) in [5, 5.41) is 1.15. The zero-order valence-electron chi connectivity index (χ0n) is 23.7. The van der Waals surface area contributed by atoms with Gasteiger partial charge in [0, 0.05) is 47.7 Å². The molecule has 34 heavy (non-hydrogen) atoms.